The van der Waals surface area contributed by atoms with E-state index in [9.17, 15) is 4.39 Å². The number of carbonyl (C=O) groups is 1. The van der Waals surface area contributed by atoms with Crippen LogP contribution in [0, 0.1) is 5.82 Å². The SMILES string of the molecule is C=O.CNc1cc(F)c(-c2cn[nH]c2)cc1OCCN(C)C.c1ccc2c(c1)CCNC2. The maximum atomic E-state index is 14.1. The summed E-state index contributed by atoms with van der Waals surface area (Å²) < 4.78 is 19.8. The van der Waals surface area contributed by atoms with Gasteiger partial charge in [-0.1, -0.05) is 24.3 Å². The zero-order valence-corrected chi connectivity index (χ0v) is 19.0. The molecule has 172 valence electrons. The third kappa shape index (κ3) is 7.18. The van der Waals surface area contributed by atoms with Crippen LogP contribution >= 0.6 is 0 Å². The summed E-state index contributed by atoms with van der Waals surface area (Å²) in [7, 11) is 5.69. The molecule has 2 heterocycles. The molecular weight excluding hydrogens is 409 g/mol. The smallest absolute Gasteiger partial charge is 0.143 e. The summed E-state index contributed by atoms with van der Waals surface area (Å²) in [5.74, 6) is 0.322. The fourth-order valence-electron chi connectivity index (χ4n) is 3.25. The summed E-state index contributed by atoms with van der Waals surface area (Å²) >= 11 is 0. The highest BCUT2D eigenvalue weighted by molar-refractivity contribution is 5.70. The Morgan fingerprint density at radius 2 is 1.97 bits per heavy atom. The molecule has 7 nitrogen and oxygen atoms in total. The number of rotatable bonds is 6. The predicted molar refractivity (Wildman–Crippen MR) is 127 cm³/mol. The number of hydrogen-bond acceptors (Lipinski definition) is 6. The highest BCUT2D eigenvalue weighted by Crippen LogP contribution is 2.33. The minimum absolute atomic E-state index is 0.310. The number of H-pyrrole nitrogens is 1. The van der Waals surface area contributed by atoms with Crippen molar-refractivity contribution in [3.05, 3.63) is 65.7 Å². The number of nitrogens with one attached hydrogen (secondary N) is 3. The van der Waals surface area contributed by atoms with Gasteiger partial charge in [0.1, 0.15) is 25.0 Å². The maximum absolute atomic E-state index is 14.1. The molecule has 1 aliphatic rings. The topological polar surface area (TPSA) is 82.3 Å². The van der Waals surface area contributed by atoms with Crippen LogP contribution in [0.1, 0.15) is 11.1 Å². The van der Waals surface area contributed by atoms with Crippen LogP contribution in [0.2, 0.25) is 0 Å². The number of anilines is 1. The highest BCUT2D eigenvalue weighted by Gasteiger charge is 2.13. The zero-order valence-electron chi connectivity index (χ0n) is 19.0. The van der Waals surface area contributed by atoms with Gasteiger partial charge in [0.15, 0.2) is 0 Å². The minimum Gasteiger partial charge on any atom is -0.490 e. The van der Waals surface area contributed by atoms with Crippen molar-refractivity contribution in [2.24, 2.45) is 0 Å². The van der Waals surface area contributed by atoms with Gasteiger partial charge in [-0.05, 0) is 44.3 Å². The lowest BCUT2D eigenvalue weighted by Crippen LogP contribution is -2.23. The summed E-state index contributed by atoms with van der Waals surface area (Å²) in [6.45, 7) is 5.52. The molecule has 0 unspecified atom stereocenters. The normalized spacial score (nSPS) is 12.0. The summed E-state index contributed by atoms with van der Waals surface area (Å²) in [4.78, 5) is 10.0. The first-order valence-electron chi connectivity index (χ1n) is 10.4. The fourth-order valence-corrected chi connectivity index (χ4v) is 3.25. The van der Waals surface area contributed by atoms with Crippen LogP contribution in [0.4, 0.5) is 10.1 Å². The second-order valence-corrected chi connectivity index (χ2v) is 7.41. The second kappa shape index (κ2) is 13.2. The van der Waals surface area contributed by atoms with Crippen molar-refractivity contribution >= 4 is 12.5 Å². The van der Waals surface area contributed by atoms with Crippen molar-refractivity contribution in [2.45, 2.75) is 13.0 Å². The van der Waals surface area contributed by atoms with Crippen molar-refractivity contribution in [2.75, 3.05) is 46.2 Å². The van der Waals surface area contributed by atoms with Gasteiger partial charge < -0.3 is 25.1 Å². The first-order chi connectivity index (χ1) is 15.6. The lowest BCUT2D eigenvalue weighted by Gasteiger charge is -2.15. The van der Waals surface area contributed by atoms with E-state index in [0.717, 1.165) is 19.6 Å². The maximum Gasteiger partial charge on any atom is 0.143 e. The van der Waals surface area contributed by atoms with Crippen LogP contribution in [0.15, 0.2) is 48.8 Å². The average Bonchev–Trinajstić information content (AvgIpc) is 3.36. The van der Waals surface area contributed by atoms with E-state index in [-0.39, 0.29) is 5.82 Å². The number of aromatic nitrogens is 2. The number of hydrogen-bond donors (Lipinski definition) is 3. The van der Waals surface area contributed by atoms with Crippen LogP contribution in [0.25, 0.3) is 11.1 Å². The fraction of sp³-hybridized carbons (Fsp3) is 0.333. The third-order valence-electron chi connectivity index (χ3n) is 4.95. The Bertz CT molecular complexity index is 923. The summed E-state index contributed by atoms with van der Waals surface area (Å²) in [5.41, 5.74) is 4.78. The Kier molecular flexibility index (Phi) is 10.4. The molecule has 1 aliphatic heterocycles. The number of carbonyl (C=O) groups excluding carboxylic acids is 1. The standard InChI is InChI=1S/C14H19FN4O.C9H11N.CH2O/c1-16-13-7-12(15)11(10-8-17-18-9-10)6-14(13)20-5-4-19(2)3;1-2-4-9-7-10-6-5-8(9)3-1;1-2/h6-9,16H,4-5H2,1-3H3,(H,17,18);1-4,10H,5-7H2;1H2. The Morgan fingerprint density at radius 1 is 1.22 bits per heavy atom. The molecule has 0 fully saturated rings. The van der Waals surface area contributed by atoms with Gasteiger partial charge in [0.05, 0.1) is 11.9 Å². The van der Waals surface area contributed by atoms with Crippen molar-refractivity contribution in [3.63, 3.8) is 0 Å². The monoisotopic (exact) mass is 441 g/mol. The van der Waals surface area contributed by atoms with Crippen LogP contribution in [-0.4, -0.2) is 62.7 Å². The van der Waals surface area contributed by atoms with Crippen LogP contribution in [-0.2, 0) is 17.8 Å². The molecule has 0 spiro atoms. The summed E-state index contributed by atoms with van der Waals surface area (Å²) in [5, 5.41) is 12.8. The summed E-state index contributed by atoms with van der Waals surface area (Å²) in [6.07, 6.45) is 4.43. The van der Waals surface area contributed by atoms with Crippen molar-refractivity contribution in [3.8, 4) is 16.9 Å². The van der Waals surface area contributed by atoms with Gasteiger partial charge >= 0.3 is 0 Å². The van der Waals surface area contributed by atoms with E-state index in [2.05, 4.69) is 45.1 Å². The van der Waals surface area contributed by atoms with E-state index in [1.807, 2.05) is 25.8 Å². The van der Waals surface area contributed by atoms with Crippen molar-refractivity contribution in [1.29, 1.82) is 0 Å². The van der Waals surface area contributed by atoms with E-state index in [1.165, 1.54) is 23.6 Å². The summed E-state index contributed by atoms with van der Waals surface area (Å²) in [6, 6.07) is 11.8. The average molecular weight is 442 g/mol. The lowest BCUT2D eigenvalue weighted by molar-refractivity contribution is -0.0979. The Hall–Kier alpha value is -3.23. The van der Waals surface area contributed by atoms with Gasteiger partial charge in [0, 0.05) is 43.5 Å². The van der Waals surface area contributed by atoms with Crippen LogP contribution < -0.4 is 15.4 Å². The van der Waals surface area contributed by atoms with Gasteiger partial charge in [-0.15, -0.1) is 0 Å². The molecule has 0 radical (unpaired) electrons. The molecule has 3 N–H and O–H groups in total. The van der Waals surface area contributed by atoms with Crippen LogP contribution in [0.5, 0.6) is 5.75 Å². The number of aromatic amines is 1. The molecule has 2 aromatic carbocycles. The van der Waals surface area contributed by atoms with E-state index >= 15 is 0 Å². The molecule has 32 heavy (non-hydrogen) atoms. The van der Waals surface area contributed by atoms with Gasteiger partial charge in [-0.3, -0.25) is 5.10 Å². The first kappa shape index (κ1) is 25.0. The first-order valence-corrected chi connectivity index (χ1v) is 10.4. The Balaban J connectivity index is 0.000000251. The number of likely N-dealkylation sites (N-methyl/N-ethyl adjacent to an activating group) is 1. The minimum atomic E-state index is -0.310. The van der Waals surface area contributed by atoms with Crippen molar-refractivity contribution in [1.82, 2.24) is 20.4 Å². The lowest BCUT2D eigenvalue weighted by atomic mass is 10.0. The number of ether oxygens (including phenoxy) is 1. The molecule has 1 aromatic heterocycles. The quantitative estimate of drug-likeness (QED) is 0.544. The molecule has 0 aliphatic carbocycles. The molecule has 4 rings (SSSR count). The largest absolute Gasteiger partial charge is 0.490 e. The molecular formula is C24H32FN5O2. The second-order valence-electron chi connectivity index (χ2n) is 7.41. The Labute approximate surface area is 189 Å². The Morgan fingerprint density at radius 3 is 2.59 bits per heavy atom. The predicted octanol–water partition coefficient (Wildman–Crippen LogP) is 3.35. The van der Waals surface area contributed by atoms with Crippen molar-refractivity contribution < 1.29 is 13.9 Å². The zero-order chi connectivity index (χ0) is 23.3. The molecule has 0 bridgehead atoms. The molecule has 0 saturated carbocycles. The van der Waals surface area contributed by atoms with Gasteiger partial charge in [0.2, 0.25) is 0 Å². The number of fused-ring (bicyclic) bond motifs is 1. The molecule has 8 heteroatoms. The van der Waals surface area contributed by atoms with Gasteiger partial charge in [0.25, 0.3) is 0 Å². The molecule has 3 aromatic rings. The van der Waals surface area contributed by atoms with E-state index in [1.54, 1.807) is 25.5 Å². The van der Waals surface area contributed by atoms with E-state index in [0.29, 0.717) is 29.2 Å². The van der Waals surface area contributed by atoms with Gasteiger partial charge in [-0.2, -0.15) is 5.10 Å². The number of benzene rings is 2. The third-order valence-corrected chi connectivity index (χ3v) is 4.95. The number of halogens is 1. The van der Waals surface area contributed by atoms with E-state index < -0.39 is 0 Å². The molecule has 0 atom stereocenters. The number of nitrogens with zero attached hydrogens (tertiary/aromatic N) is 2. The highest BCUT2D eigenvalue weighted by atomic mass is 19.1. The van der Waals surface area contributed by atoms with Crippen LogP contribution in [0.3, 0.4) is 0 Å². The van der Waals surface area contributed by atoms with E-state index in [4.69, 9.17) is 9.53 Å². The molecule has 0 amide bonds. The van der Waals surface area contributed by atoms with Gasteiger partial charge in [-0.25, -0.2) is 4.39 Å². The molecule has 0 saturated heterocycles.